The van der Waals surface area contributed by atoms with Crippen LogP contribution in [0.4, 0.5) is 5.69 Å². The molecule has 6 nitrogen and oxygen atoms in total. The first-order valence-electron chi connectivity index (χ1n) is 8.15. The molecule has 1 aromatic rings. The highest BCUT2D eigenvalue weighted by Gasteiger charge is 2.18. The topological polar surface area (TPSA) is 81.7 Å². The Bertz CT molecular complexity index is 586. The van der Waals surface area contributed by atoms with Crippen molar-refractivity contribution < 1.29 is 23.9 Å². The quantitative estimate of drug-likeness (QED) is 0.809. The van der Waals surface area contributed by atoms with Crippen LogP contribution in [0.3, 0.4) is 0 Å². The van der Waals surface area contributed by atoms with Gasteiger partial charge in [-0.25, -0.2) is 9.59 Å². The first-order valence-corrected chi connectivity index (χ1v) is 8.15. The zero-order valence-corrected chi connectivity index (χ0v) is 14.1. The molecule has 24 heavy (non-hydrogen) atoms. The van der Waals surface area contributed by atoms with Crippen molar-refractivity contribution >= 4 is 23.5 Å². The number of ether oxygens (including phenoxy) is 2. The van der Waals surface area contributed by atoms with Crippen molar-refractivity contribution in [3.05, 3.63) is 29.3 Å². The van der Waals surface area contributed by atoms with Crippen LogP contribution in [0.15, 0.2) is 18.2 Å². The fourth-order valence-corrected chi connectivity index (χ4v) is 3.03. The smallest absolute Gasteiger partial charge is 0.337 e. The third-order valence-electron chi connectivity index (χ3n) is 4.31. The highest BCUT2D eigenvalue weighted by molar-refractivity contribution is 5.99. The van der Waals surface area contributed by atoms with Crippen LogP contribution in [0.2, 0.25) is 0 Å². The van der Waals surface area contributed by atoms with Crippen LogP contribution in [-0.2, 0) is 14.3 Å². The van der Waals surface area contributed by atoms with Gasteiger partial charge in [-0.05, 0) is 30.5 Å². The highest BCUT2D eigenvalue weighted by atomic mass is 16.5. The SMILES string of the molecule is COC(=O)c1cc(NC(=O)CCC2CCCC2)cc(C(=O)OC)c1. The number of amides is 1. The van der Waals surface area contributed by atoms with E-state index in [9.17, 15) is 14.4 Å². The van der Waals surface area contributed by atoms with E-state index in [0.29, 0.717) is 18.0 Å². The van der Waals surface area contributed by atoms with Gasteiger partial charge in [-0.15, -0.1) is 0 Å². The first-order chi connectivity index (χ1) is 11.5. The van der Waals surface area contributed by atoms with Gasteiger partial charge in [-0.3, -0.25) is 4.79 Å². The summed E-state index contributed by atoms with van der Waals surface area (Å²) >= 11 is 0. The summed E-state index contributed by atoms with van der Waals surface area (Å²) in [6.45, 7) is 0. The predicted molar refractivity (Wildman–Crippen MR) is 88.9 cm³/mol. The van der Waals surface area contributed by atoms with Crippen LogP contribution in [0, 0.1) is 5.92 Å². The second-order valence-electron chi connectivity index (χ2n) is 6.02. The lowest BCUT2D eigenvalue weighted by Gasteiger charge is -2.11. The fraction of sp³-hybridized carbons (Fsp3) is 0.500. The van der Waals surface area contributed by atoms with Crippen LogP contribution in [-0.4, -0.2) is 32.1 Å². The molecular weight excluding hydrogens is 310 g/mol. The summed E-state index contributed by atoms with van der Waals surface area (Å²) in [5, 5.41) is 2.75. The molecule has 0 radical (unpaired) electrons. The summed E-state index contributed by atoms with van der Waals surface area (Å²) in [7, 11) is 2.51. The zero-order valence-electron chi connectivity index (χ0n) is 14.1. The molecular formula is C18H23NO5. The third kappa shape index (κ3) is 4.81. The monoisotopic (exact) mass is 333 g/mol. The Morgan fingerprint density at radius 3 is 2.04 bits per heavy atom. The Balaban J connectivity index is 2.07. The van der Waals surface area contributed by atoms with Gasteiger partial charge in [0.25, 0.3) is 0 Å². The lowest BCUT2D eigenvalue weighted by Crippen LogP contribution is -2.15. The van der Waals surface area contributed by atoms with Crippen molar-refractivity contribution in [3.8, 4) is 0 Å². The maximum atomic E-state index is 12.1. The first kappa shape index (κ1) is 18.0. The largest absolute Gasteiger partial charge is 0.465 e. The van der Waals surface area contributed by atoms with Crippen LogP contribution in [0.25, 0.3) is 0 Å². The van der Waals surface area contributed by atoms with E-state index in [1.165, 1.54) is 58.1 Å². The van der Waals surface area contributed by atoms with E-state index in [0.717, 1.165) is 6.42 Å². The molecule has 6 heteroatoms. The van der Waals surface area contributed by atoms with Crippen molar-refractivity contribution in [1.82, 2.24) is 0 Å². The number of hydrogen-bond acceptors (Lipinski definition) is 5. The number of esters is 2. The Labute approximate surface area is 141 Å². The van der Waals surface area contributed by atoms with Gasteiger partial charge in [-0.2, -0.15) is 0 Å². The maximum absolute atomic E-state index is 12.1. The molecule has 2 rings (SSSR count). The van der Waals surface area contributed by atoms with E-state index in [-0.39, 0.29) is 17.0 Å². The molecule has 0 bridgehead atoms. The lowest BCUT2D eigenvalue weighted by molar-refractivity contribution is -0.116. The van der Waals surface area contributed by atoms with Gasteiger partial charge in [-0.1, -0.05) is 25.7 Å². The Hall–Kier alpha value is -2.37. The summed E-state index contributed by atoms with van der Waals surface area (Å²) in [5.41, 5.74) is 0.757. The molecule has 0 unspecified atom stereocenters. The standard InChI is InChI=1S/C18H23NO5/c1-23-17(21)13-9-14(18(22)24-2)11-15(10-13)19-16(20)8-7-12-5-3-4-6-12/h9-12H,3-8H2,1-2H3,(H,19,20). The average molecular weight is 333 g/mol. The summed E-state index contributed by atoms with van der Waals surface area (Å²) < 4.78 is 9.35. The number of hydrogen-bond donors (Lipinski definition) is 1. The molecule has 1 saturated carbocycles. The van der Waals surface area contributed by atoms with Gasteiger partial charge < -0.3 is 14.8 Å². The number of nitrogens with one attached hydrogen (secondary N) is 1. The van der Waals surface area contributed by atoms with E-state index in [2.05, 4.69) is 14.8 Å². The second-order valence-corrected chi connectivity index (χ2v) is 6.02. The molecule has 0 atom stereocenters. The van der Waals surface area contributed by atoms with Gasteiger partial charge in [0.15, 0.2) is 0 Å². The Morgan fingerprint density at radius 1 is 1.00 bits per heavy atom. The van der Waals surface area contributed by atoms with Gasteiger partial charge in [0.2, 0.25) is 5.91 Å². The number of anilines is 1. The number of carbonyl (C=O) groups is 3. The molecule has 1 amide bonds. The van der Waals surface area contributed by atoms with E-state index in [4.69, 9.17) is 0 Å². The highest BCUT2D eigenvalue weighted by Crippen LogP contribution is 2.28. The number of methoxy groups -OCH3 is 2. The molecule has 1 aliphatic carbocycles. The van der Waals surface area contributed by atoms with Crippen LogP contribution < -0.4 is 5.32 Å². The van der Waals surface area contributed by atoms with Crippen molar-refractivity contribution in [3.63, 3.8) is 0 Å². The van der Waals surface area contributed by atoms with Crippen LogP contribution >= 0.6 is 0 Å². The fourth-order valence-electron chi connectivity index (χ4n) is 3.03. The Kier molecular flexibility index (Phi) is 6.35. The van der Waals surface area contributed by atoms with Crippen LogP contribution in [0.1, 0.15) is 59.2 Å². The molecule has 1 fully saturated rings. The summed E-state index contributed by atoms with van der Waals surface area (Å²) in [4.78, 5) is 35.6. The second kappa shape index (κ2) is 8.47. The summed E-state index contributed by atoms with van der Waals surface area (Å²) in [6, 6.07) is 4.36. The van der Waals surface area contributed by atoms with Crippen molar-refractivity contribution in [2.45, 2.75) is 38.5 Å². The molecule has 1 aromatic carbocycles. The van der Waals surface area contributed by atoms with E-state index < -0.39 is 11.9 Å². The van der Waals surface area contributed by atoms with Gasteiger partial charge >= 0.3 is 11.9 Å². The van der Waals surface area contributed by atoms with Crippen molar-refractivity contribution in [2.75, 3.05) is 19.5 Å². The van der Waals surface area contributed by atoms with E-state index >= 15 is 0 Å². The van der Waals surface area contributed by atoms with Gasteiger partial charge in [0, 0.05) is 12.1 Å². The van der Waals surface area contributed by atoms with Gasteiger partial charge in [0.1, 0.15) is 0 Å². The minimum Gasteiger partial charge on any atom is -0.465 e. The minimum absolute atomic E-state index is 0.125. The molecule has 0 aromatic heterocycles. The number of rotatable bonds is 6. The summed E-state index contributed by atoms with van der Waals surface area (Å²) in [6.07, 6.45) is 6.17. The van der Waals surface area contributed by atoms with Gasteiger partial charge in [0.05, 0.1) is 25.3 Å². The Morgan fingerprint density at radius 2 is 1.54 bits per heavy atom. The van der Waals surface area contributed by atoms with Crippen molar-refractivity contribution in [1.29, 1.82) is 0 Å². The maximum Gasteiger partial charge on any atom is 0.337 e. The molecule has 1 aliphatic rings. The molecule has 0 spiro atoms. The van der Waals surface area contributed by atoms with E-state index in [1.54, 1.807) is 0 Å². The normalized spacial score (nSPS) is 14.2. The molecule has 0 aliphatic heterocycles. The third-order valence-corrected chi connectivity index (χ3v) is 4.31. The lowest BCUT2D eigenvalue weighted by atomic mass is 10.0. The molecule has 0 saturated heterocycles. The predicted octanol–water partition coefficient (Wildman–Crippen LogP) is 3.17. The zero-order chi connectivity index (χ0) is 17.5. The number of benzene rings is 1. The number of carbonyl (C=O) groups excluding carboxylic acids is 3. The van der Waals surface area contributed by atoms with Crippen molar-refractivity contribution in [2.24, 2.45) is 5.92 Å². The summed E-state index contributed by atoms with van der Waals surface area (Å²) in [5.74, 6) is -0.660. The molecule has 1 N–H and O–H groups in total. The molecule has 130 valence electrons. The minimum atomic E-state index is -0.581. The van der Waals surface area contributed by atoms with E-state index in [1.807, 2.05) is 0 Å². The average Bonchev–Trinajstić information content (AvgIpc) is 3.11. The van der Waals surface area contributed by atoms with Crippen LogP contribution in [0.5, 0.6) is 0 Å². The molecule has 0 heterocycles.